The molecule has 1 rings (SSSR count). The van der Waals surface area contributed by atoms with Crippen molar-refractivity contribution < 1.29 is 39.8 Å². The number of hydrogen-bond acceptors (Lipinski definition) is 8. The number of amides is 1. The minimum absolute atomic E-state index is 0.199. The fourth-order valence-corrected chi connectivity index (χ4v) is 6.73. The van der Waals surface area contributed by atoms with E-state index in [4.69, 9.17) is 9.47 Å². The van der Waals surface area contributed by atoms with Crippen molar-refractivity contribution in [2.75, 3.05) is 13.2 Å². The molecule has 9 heteroatoms. The van der Waals surface area contributed by atoms with E-state index in [1.165, 1.54) is 103 Å². The van der Waals surface area contributed by atoms with Crippen LogP contribution in [0.2, 0.25) is 0 Å². The number of aliphatic hydroxyl groups is 5. The molecule has 1 amide bonds. The van der Waals surface area contributed by atoms with Crippen molar-refractivity contribution in [1.29, 1.82) is 0 Å². The zero-order chi connectivity index (χ0) is 40.2. The first-order chi connectivity index (χ1) is 26.8. The molecular weight excluding hydrogens is 695 g/mol. The summed E-state index contributed by atoms with van der Waals surface area (Å²) in [4.78, 5) is 12.9. The third-order valence-corrected chi connectivity index (χ3v) is 10.4. The Labute approximate surface area is 335 Å². The van der Waals surface area contributed by atoms with Crippen LogP contribution in [-0.2, 0) is 14.3 Å². The molecule has 0 aromatic carbocycles. The van der Waals surface area contributed by atoms with Gasteiger partial charge >= 0.3 is 0 Å². The minimum Gasteiger partial charge on any atom is -0.394 e. The molecule has 0 spiro atoms. The Morgan fingerprint density at radius 2 is 1.09 bits per heavy atom. The van der Waals surface area contributed by atoms with Gasteiger partial charge in [-0.2, -0.15) is 0 Å². The number of unbranched alkanes of at least 4 members (excludes halogenated alkanes) is 20. The highest BCUT2D eigenvalue weighted by Gasteiger charge is 2.44. The van der Waals surface area contributed by atoms with Crippen LogP contribution in [0.3, 0.4) is 0 Å². The summed E-state index contributed by atoms with van der Waals surface area (Å²) in [5.74, 6) is -0.199. The maximum Gasteiger partial charge on any atom is 0.220 e. The number of aliphatic hydroxyl groups excluding tert-OH is 5. The number of carbonyl (C=O) groups excluding carboxylic acids is 1. The van der Waals surface area contributed by atoms with Crippen molar-refractivity contribution in [3.05, 3.63) is 48.6 Å². The Hall–Kier alpha value is -1.85. The molecule has 7 unspecified atom stereocenters. The van der Waals surface area contributed by atoms with Crippen LogP contribution in [0.25, 0.3) is 0 Å². The average molecular weight is 778 g/mol. The van der Waals surface area contributed by atoms with Gasteiger partial charge < -0.3 is 40.3 Å². The largest absolute Gasteiger partial charge is 0.394 e. The highest BCUT2D eigenvalue weighted by atomic mass is 16.7. The van der Waals surface area contributed by atoms with E-state index in [-0.39, 0.29) is 12.5 Å². The predicted molar refractivity (Wildman–Crippen MR) is 226 cm³/mol. The van der Waals surface area contributed by atoms with Crippen LogP contribution in [0, 0.1) is 0 Å². The third-order valence-electron chi connectivity index (χ3n) is 10.4. The number of ether oxygens (including phenoxy) is 2. The molecule has 0 aromatic heterocycles. The topological polar surface area (TPSA) is 149 Å². The van der Waals surface area contributed by atoms with Crippen LogP contribution < -0.4 is 5.32 Å². The van der Waals surface area contributed by atoms with Crippen LogP contribution in [0.4, 0.5) is 0 Å². The van der Waals surface area contributed by atoms with E-state index in [1.807, 2.05) is 6.08 Å². The summed E-state index contributed by atoms with van der Waals surface area (Å²) in [6.45, 7) is 3.68. The molecule has 7 atom stereocenters. The molecule has 6 N–H and O–H groups in total. The summed E-state index contributed by atoms with van der Waals surface area (Å²) in [5.41, 5.74) is 0. The molecule has 0 radical (unpaired) electrons. The van der Waals surface area contributed by atoms with E-state index in [1.54, 1.807) is 6.08 Å². The average Bonchev–Trinajstić information content (AvgIpc) is 3.18. The van der Waals surface area contributed by atoms with Gasteiger partial charge in [-0.15, -0.1) is 0 Å². The molecule has 1 aliphatic heterocycles. The maximum atomic E-state index is 12.9. The summed E-state index contributed by atoms with van der Waals surface area (Å²) >= 11 is 0. The summed E-state index contributed by atoms with van der Waals surface area (Å²) in [7, 11) is 0. The van der Waals surface area contributed by atoms with Crippen LogP contribution in [0.1, 0.15) is 181 Å². The van der Waals surface area contributed by atoms with Gasteiger partial charge in [0.25, 0.3) is 0 Å². The van der Waals surface area contributed by atoms with Gasteiger partial charge in [0.05, 0.1) is 25.4 Å². The lowest BCUT2D eigenvalue weighted by molar-refractivity contribution is -0.302. The monoisotopic (exact) mass is 778 g/mol. The zero-order valence-electron chi connectivity index (χ0n) is 34.9. The summed E-state index contributed by atoms with van der Waals surface area (Å²) in [6, 6.07) is -0.824. The Morgan fingerprint density at radius 1 is 0.618 bits per heavy atom. The van der Waals surface area contributed by atoms with Crippen molar-refractivity contribution in [2.24, 2.45) is 0 Å². The second-order valence-corrected chi connectivity index (χ2v) is 15.5. The van der Waals surface area contributed by atoms with E-state index in [9.17, 15) is 30.3 Å². The quantitative estimate of drug-likeness (QED) is 0.0273. The van der Waals surface area contributed by atoms with E-state index in [2.05, 4.69) is 55.6 Å². The zero-order valence-corrected chi connectivity index (χ0v) is 34.9. The molecule has 0 bridgehead atoms. The summed E-state index contributed by atoms with van der Waals surface area (Å²) in [5, 5.41) is 53.9. The molecule has 1 aliphatic rings. The molecule has 1 fully saturated rings. The standard InChI is InChI=1S/C46H83NO8/c1-3-5-7-9-11-13-14-15-16-17-18-19-20-21-22-23-24-25-26-28-30-32-34-36-42(50)47-39(40(49)35-33-31-29-27-12-10-8-6-4-2)38-54-46-45(53)44(52)43(51)41(37-48)55-46/h12,18-19,21-22,27,33,35,39-41,43-46,48-49,51-53H,3-11,13-17,20,23-26,28-32,34,36-38H2,1-2H3,(H,47,50)/b19-18-,22-21-,27-12+,35-33+. The highest BCUT2D eigenvalue weighted by Crippen LogP contribution is 2.22. The number of carbonyl (C=O) groups is 1. The van der Waals surface area contributed by atoms with E-state index < -0.39 is 49.5 Å². The molecule has 1 saturated heterocycles. The number of rotatable bonds is 36. The van der Waals surface area contributed by atoms with Crippen LogP contribution >= 0.6 is 0 Å². The van der Waals surface area contributed by atoms with Crippen molar-refractivity contribution in [2.45, 2.75) is 224 Å². The Balaban J connectivity index is 2.29. The fourth-order valence-electron chi connectivity index (χ4n) is 6.73. The SMILES string of the molecule is CCCCC/C=C/CC/C=C/C(O)C(COC1OC(CO)C(O)C(O)C1O)NC(=O)CCCCCCCCC/C=C\C/C=C\CCCCCCCCCCC. The van der Waals surface area contributed by atoms with Crippen LogP contribution in [0.15, 0.2) is 48.6 Å². The molecule has 9 nitrogen and oxygen atoms in total. The number of allylic oxidation sites excluding steroid dienone is 7. The first-order valence-electron chi connectivity index (χ1n) is 22.4. The third kappa shape index (κ3) is 27.4. The van der Waals surface area contributed by atoms with Crippen molar-refractivity contribution in [3.63, 3.8) is 0 Å². The Bertz CT molecular complexity index is 998. The van der Waals surface area contributed by atoms with Crippen LogP contribution in [-0.4, -0.2) is 87.5 Å². The number of nitrogens with one attached hydrogen (secondary N) is 1. The van der Waals surface area contributed by atoms with Crippen molar-refractivity contribution in [3.8, 4) is 0 Å². The van der Waals surface area contributed by atoms with Gasteiger partial charge in [-0.25, -0.2) is 0 Å². The van der Waals surface area contributed by atoms with E-state index >= 15 is 0 Å². The maximum absolute atomic E-state index is 12.9. The normalized spacial score (nSPS) is 21.8. The van der Waals surface area contributed by atoms with Gasteiger partial charge in [0.15, 0.2) is 6.29 Å². The number of hydrogen-bond donors (Lipinski definition) is 6. The molecule has 0 saturated carbocycles. The van der Waals surface area contributed by atoms with E-state index in [0.29, 0.717) is 6.42 Å². The lowest BCUT2D eigenvalue weighted by atomic mass is 9.99. The molecule has 320 valence electrons. The van der Waals surface area contributed by atoms with Gasteiger partial charge in [-0.05, 0) is 64.2 Å². The fraction of sp³-hybridized carbons (Fsp3) is 0.804. The van der Waals surface area contributed by atoms with Crippen molar-refractivity contribution >= 4 is 5.91 Å². The molecular formula is C46H83NO8. The summed E-state index contributed by atoms with van der Waals surface area (Å²) in [6.07, 6.45) is 38.9. The van der Waals surface area contributed by atoms with Gasteiger partial charge in [0, 0.05) is 6.42 Å². The van der Waals surface area contributed by atoms with Crippen molar-refractivity contribution in [1.82, 2.24) is 5.32 Å². The molecule has 1 heterocycles. The summed E-state index contributed by atoms with van der Waals surface area (Å²) < 4.78 is 11.1. The van der Waals surface area contributed by atoms with Gasteiger partial charge in [-0.3, -0.25) is 4.79 Å². The Kier molecular flexibility index (Phi) is 33.9. The second kappa shape index (κ2) is 36.5. The minimum atomic E-state index is -1.57. The second-order valence-electron chi connectivity index (χ2n) is 15.5. The molecule has 0 aliphatic carbocycles. The first-order valence-corrected chi connectivity index (χ1v) is 22.4. The van der Waals surface area contributed by atoms with Gasteiger partial charge in [0.1, 0.15) is 24.4 Å². The molecule has 0 aromatic rings. The van der Waals surface area contributed by atoms with Gasteiger partial charge in [-0.1, -0.05) is 159 Å². The molecule has 55 heavy (non-hydrogen) atoms. The van der Waals surface area contributed by atoms with E-state index in [0.717, 1.165) is 57.8 Å². The lowest BCUT2D eigenvalue weighted by Crippen LogP contribution is -2.60. The first kappa shape index (κ1) is 51.2. The van der Waals surface area contributed by atoms with Crippen LogP contribution in [0.5, 0.6) is 0 Å². The smallest absolute Gasteiger partial charge is 0.220 e. The predicted octanol–water partition coefficient (Wildman–Crippen LogP) is 9.06. The Morgan fingerprint density at radius 3 is 1.67 bits per heavy atom. The van der Waals surface area contributed by atoms with Gasteiger partial charge in [0.2, 0.25) is 5.91 Å². The highest BCUT2D eigenvalue weighted by molar-refractivity contribution is 5.76. The lowest BCUT2D eigenvalue weighted by Gasteiger charge is -2.40.